The zero-order valence-corrected chi connectivity index (χ0v) is 16.5. The van der Waals surface area contributed by atoms with Gasteiger partial charge < -0.3 is 21.5 Å². The van der Waals surface area contributed by atoms with Gasteiger partial charge >= 0.3 is 0 Å². The molecule has 0 fully saturated rings. The maximum Gasteiger partial charge on any atom is 0.152 e. The molecule has 0 spiro atoms. The van der Waals surface area contributed by atoms with Crippen molar-refractivity contribution in [3.05, 3.63) is 29.5 Å². The fraction of sp³-hybridized carbons (Fsp3) is 0.571. The van der Waals surface area contributed by atoms with Crippen LogP contribution < -0.4 is 21.5 Å². The molecule has 0 bridgehead atoms. The quantitative estimate of drug-likeness (QED) is 0.283. The molecule has 0 radical (unpaired) electrons. The molecule has 1 unspecified atom stereocenters. The Morgan fingerprint density at radius 3 is 2.58 bits per heavy atom. The first kappa shape index (κ1) is 22.0. The number of aldehydes is 1. The average Bonchev–Trinajstić information content (AvgIpc) is 2.67. The molecule has 146 valence electrons. The van der Waals surface area contributed by atoms with Crippen LogP contribution in [0.2, 0.25) is 0 Å². The summed E-state index contributed by atoms with van der Waals surface area (Å²) >= 11 is 0. The van der Waals surface area contributed by atoms with Gasteiger partial charge in [-0.2, -0.15) is 0 Å². The van der Waals surface area contributed by atoms with E-state index in [9.17, 15) is 4.79 Å². The van der Waals surface area contributed by atoms with Gasteiger partial charge in [-0.3, -0.25) is 4.79 Å². The van der Waals surface area contributed by atoms with E-state index < -0.39 is 0 Å². The van der Waals surface area contributed by atoms with Crippen LogP contribution in [0.15, 0.2) is 18.3 Å². The second-order valence-corrected chi connectivity index (χ2v) is 6.54. The van der Waals surface area contributed by atoms with E-state index >= 15 is 0 Å². The fourth-order valence-corrected chi connectivity index (χ4v) is 3.20. The number of carbonyl (C=O) groups excluding carboxylic acids is 1. The molecule has 26 heavy (non-hydrogen) atoms. The summed E-state index contributed by atoms with van der Waals surface area (Å²) in [5.74, 6) is 1.49. The van der Waals surface area contributed by atoms with Crippen molar-refractivity contribution in [1.82, 2.24) is 0 Å². The highest BCUT2D eigenvalue weighted by Crippen LogP contribution is 2.32. The zero-order chi connectivity index (χ0) is 19.4. The van der Waals surface area contributed by atoms with E-state index in [0.29, 0.717) is 18.1 Å². The van der Waals surface area contributed by atoms with Crippen LogP contribution in [0.25, 0.3) is 5.57 Å². The molecule has 5 nitrogen and oxygen atoms in total. The average molecular weight is 362 g/mol. The Hall–Kier alpha value is -2.01. The number of nitrogens with one attached hydrogen (secondary N) is 1. The minimum Gasteiger partial charge on any atom is -0.493 e. The number of allylic oxidation sites excluding steroid dienone is 1. The molecular formula is C21H35N3O2. The molecule has 0 saturated carbocycles. The number of ether oxygens (including phenoxy) is 1. The lowest BCUT2D eigenvalue weighted by molar-refractivity contribution is -0.103. The number of unbranched alkanes of at least 4 members (excludes halogenated alkanes) is 1. The Bertz CT molecular complexity index is 585. The van der Waals surface area contributed by atoms with Crippen LogP contribution >= 0.6 is 0 Å². The SMILES string of the molecule is CCc1c(NC)cc(/C(C=O)=C/N)cc1OCCC(CC)CCCCN. The summed E-state index contributed by atoms with van der Waals surface area (Å²) in [5.41, 5.74) is 14.5. The van der Waals surface area contributed by atoms with Gasteiger partial charge in [0.1, 0.15) is 5.75 Å². The van der Waals surface area contributed by atoms with Crippen LogP contribution in [0.1, 0.15) is 57.1 Å². The Morgan fingerprint density at radius 1 is 1.27 bits per heavy atom. The minimum absolute atomic E-state index is 0.460. The number of nitrogens with two attached hydrogens (primary N) is 2. The van der Waals surface area contributed by atoms with Crippen molar-refractivity contribution in [3.63, 3.8) is 0 Å². The van der Waals surface area contributed by atoms with E-state index in [2.05, 4.69) is 19.2 Å². The molecule has 0 saturated heterocycles. The number of hydrogen-bond acceptors (Lipinski definition) is 5. The monoisotopic (exact) mass is 361 g/mol. The van der Waals surface area contributed by atoms with Crippen molar-refractivity contribution in [3.8, 4) is 5.75 Å². The number of carbonyl (C=O) groups is 1. The highest BCUT2D eigenvalue weighted by atomic mass is 16.5. The second kappa shape index (κ2) is 12.4. The summed E-state index contributed by atoms with van der Waals surface area (Å²) in [6.07, 6.45) is 8.60. The summed E-state index contributed by atoms with van der Waals surface area (Å²) < 4.78 is 6.14. The molecule has 0 heterocycles. The third kappa shape index (κ3) is 6.37. The first-order chi connectivity index (χ1) is 12.6. The van der Waals surface area contributed by atoms with Gasteiger partial charge in [-0.1, -0.05) is 33.1 Å². The molecule has 0 aliphatic rings. The van der Waals surface area contributed by atoms with E-state index in [0.717, 1.165) is 61.1 Å². The number of hydrogen-bond donors (Lipinski definition) is 3. The van der Waals surface area contributed by atoms with Crippen LogP contribution in [0.5, 0.6) is 5.75 Å². The summed E-state index contributed by atoms with van der Waals surface area (Å²) in [4.78, 5) is 11.3. The van der Waals surface area contributed by atoms with Crippen molar-refractivity contribution < 1.29 is 9.53 Å². The molecular weight excluding hydrogens is 326 g/mol. The van der Waals surface area contributed by atoms with Crippen molar-refractivity contribution in [2.45, 2.75) is 52.4 Å². The summed E-state index contributed by atoms with van der Waals surface area (Å²) in [5, 5.41) is 3.20. The van der Waals surface area contributed by atoms with Crippen LogP contribution in [-0.4, -0.2) is 26.5 Å². The molecule has 0 aliphatic heterocycles. The standard InChI is InChI=1S/C21H35N3O2/c1-4-16(8-6-7-10-22)9-11-26-21-13-17(18(14-23)15-25)12-20(24-3)19(21)5-2/h12-16,24H,4-11,22-23H2,1-3H3/b18-14+. The van der Waals surface area contributed by atoms with Gasteiger partial charge in [0.05, 0.1) is 6.61 Å². The number of rotatable bonds is 13. The van der Waals surface area contributed by atoms with E-state index in [1.807, 2.05) is 19.2 Å². The number of anilines is 1. The zero-order valence-electron chi connectivity index (χ0n) is 16.5. The predicted octanol–water partition coefficient (Wildman–Crippen LogP) is 3.71. The fourth-order valence-electron chi connectivity index (χ4n) is 3.20. The molecule has 1 atom stereocenters. The van der Waals surface area contributed by atoms with Crippen LogP contribution in [0.4, 0.5) is 5.69 Å². The Balaban J connectivity index is 2.89. The number of benzene rings is 1. The highest BCUT2D eigenvalue weighted by Gasteiger charge is 2.13. The lowest BCUT2D eigenvalue weighted by Crippen LogP contribution is -2.09. The lowest BCUT2D eigenvalue weighted by atomic mass is 9.96. The van der Waals surface area contributed by atoms with Gasteiger partial charge in [0.2, 0.25) is 0 Å². The van der Waals surface area contributed by atoms with Crippen molar-refractivity contribution in [2.75, 3.05) is 25.5 Å². The summed E-state index contributed by atoms with van der Waals surface area (Å²) in [7, 11) is 1.87. The van der Waals surface area contributed by atoms with E-state index in [-0.39, 0.29) is 0 Å². The van der Waals surface area contributed by atoms with Crippen molar-refractivity contribution in [2.24, 2.45) is 17.4 Å². The van der Waals surface area contributed by atoms with Crippen molar-refractivity contribution >= 4 is 17.5 Å². The topological polar surface area (TPSA) is 90.4 Å². The maximum absolute atomic E-state index is 11.3. The first-order valence-corrected chi connectivity index (χ1v) is 9.69. The Kier molecular flexibility index (Phi) is 10.5. The summed E-state index contributed by atoms with van der Waals surface area (Å²) in [6.45, 7) is 5.76. The smallest absolute Gasteiger partial charge is 0.152 e. The van der Waals surface area contributed by atoms with E-state index in [4.69, 9.17) is 16.2 Å². The van der Waals surface area contributed by atoms with Gasteiger partial charge in [-0.05, 0) is 49.4 Å². The minimum atomic E-state index is 0.460. The third-order valence-electron chi connectivity index (χ3n) is 4.90. The van der Waals surface area contributed by atoms with Gasteiger partial charge in [0.25, 0.3) is 0 Å². The molecule has 5 heteroatoms. The van der Waals surface area contributed by atoms with Crippen LogP contribution in [0, 0.1) is 5.92 Å². The first-order valence-electron chi connectivity index (χ1n) is 9.69. The van der Waals surface area contributed by atoms with Gasteiger partial charge in [0, 0.05) is 30.1 Å². The molecule has 0 aromatic heterocycles. The van der Waals surface area contributed by atoms with E-state index in [1.165, 1.54) is 19.0 Å². The highest BCUT2D eigenvalue weighted by molar-refractivity contribution is 6.07. The van der Waals surface area contributed by atoms with E-state index in [1.54, 1.807) is 0 Å². The summed E-state index contributed by atoms with van der Waals surface area (Å²) in [6, 6.07) is 3.86. The normalized spacial score (nSPS) is 12.7. The predicted molar refractivity (Wildman–Crippen MR) is 110 cm³/mol. The van der Waals surface area contributed by atoms with Gasteiger partial charge in [-0.25, -0.2) is 0 Å². The lowest BCUT2D eigenvalue weighted by Gasteiger charge is -2.19. The molecule has 0 aliphatic carbocycles. The van der Waals surface area contributed by atoms with Gasteiger partial charge in [0.15, 0.2) is 6.29 Å². The molecule has 0 amide bonds. The third-order valence-corrected chi connectivity index (χ3v) is 4.90. The Morgan fingerprint density at radius 2 is 2.04 bits per heavy atom. The van der Waals surface area contributed by atoms with Gasteiger partial charge in [-0.15, -0.1) is 0 Å². The van der Waals surface area contributed by atoms with Crippen LogP contribution in [0.3, 0.4) is 0 Å². The molecule has 1 aromatic carbocycles. The van der Waals surface area contributed by atoms with Crippen molar-refractivity contribution in [1.29, 1.82) is 0 Å². The molecule has 1 rings (SSSR count). The molecule has 1 aromatic rings. The largest absolute Gasteiger partial charge is 0.493 e. The van der Waals surface area contributed by atoms with Crippen LogP contribution in [-0.2, 0) is 11.2 Å². The molecule has 5 N–H and O–H groups in total. The maximum atomic E-state index is 11.3. The second-order valence-electron chi connectivity index (χ2n) is 6.54. The Labute approximate surface area is 158 Å².